The van der Waals surface area contributed by atoms with Gasteiger partial charge in [0.2, 0.25) is 0 Å². The smallest absolute Gasteiger partial charge is 0.323 e. The van der Waals surface area contributed by atoms with Gasteiger partial charge in [0.25, 0.3) is 0 Å². The molecule has 4 nitrogen and oxygen atoms in total. The Hall–Kier alpha value is -1.39. The molecule has 0 amide bonds. The highest BCUT2D eigenvalue weighted by Gasteiger charge is 2.32. The van der Waals surface area contributed by atoms with Crippen LogP contribution in [0.25, 0.3) is 0 Å². The van der Waals surface area contributed by atoms with Gasteiger partial charge in [-0.3, -0.25) is 9.69 Å². The van der Waals surface area contributed by atoms with Crippen molar-refractivity contribution in [1.82, 2.24) is 9.80 Å². The van der Waals surface area contributed by atoms with Crippen molar-refractivity contribution in [3.8, 4) is 0 Å². The van der Waals surface area contributed by atoms with Gasteiger partial charge in [0.15, 0.2) is 0 Å². The zero-order chi connectivity index (χ0) is 16.7. The molecule has 1 aliphatic rings. The molecule has 1 aliphatic heterocycles. The summed E-state index contributed by atoms with van der Waals surface area (Å²) in [5.41, 5.74) is 1.26. The first kappa shape index (κ1) is 18.0. The lowest BCUT2D eigenvalue weighted by atomic mass is 10.1. The van der Waals surface area contributed by atoms with Crippen molar-refractivity contribution >= 4 is 5.97 Å². The van der Waals surface area contributed by atoms with Crippen LogP contribution in [0.15, 0.2) is 30.3 Å². The van der Waals surface area contributed by atoms with Crippen LogP contribution in [0.1, 0.15) is 38.2 Å². The van der Waals surface area contributed by atoms with E-state index in [1.807, 2.05) is 25.1 Å². The van der Waals surface area contributed by atoms with Crippen LogP contribution in [0.5, 0.6) is 0 Å². The SMILES string of the molecule is C[C@H](CCCN(C)C)OC(=O)[C@@H]1CCCN1Cc1ccccc1. The summed E-state index contributed by atoms with van der Waals surface area (Å²) in [6.07, 6.45) is 3.97. The van der Waals surface area contributed by atoms with E-state index < -0.39 is 0 Å². The first-order chi connectivity index (χ1) is 11.1. The van der Waals surface area contributed by atoms with E-state index in [2.05, 4.69) is 36.0 Å². The van der Waals surface area contributed by atoms with Crippen molar-refractivity contribution < 1.29 is 9.53 Å². The second-order valence-electron chi connectivity index (χ2n) is 6.81. The molecule has 0 aromatic heterocycles. The third kappa shape index (κ3) is 5.96. The third-order valence-corrected chi connectivity index (χ3v) is 4.40. The number of carbonyl (C=O) groups is 1. The monoisotopic (exact) mass is 318 g/mol. The second kappa shape index (κ2) is 9.04. The van der Waals surface area contributed by atoms with Gasteiger partial charge in [-0.2, -0.15) is 0 Å². The van der Waals surface area contributed by atoms with Gasteiger partial charge in [-0.15, -0.1) is 0 Å². The number of likely N-dealkylation sites (tertiary alicyclic amines) is 1. The average molecular weight is 318 g/mol. The summed E-state index contributed by atoms with van der Waals surface area (Å²) in [6, 6.07) is 10.3. The molecule has 2 atom stereocenters. The van der Waals surface area contributed by atoms with E-state index in [9.17, 15) is 4.79 Å². The van der Waals surface area contributed by atoms with Crippen LogP contribution >= 0.6 is 0 Å². The number of nitrogens with zero attached hydrogens (tertiary/aromatic N) is 2. The van der Waals surface area contributed by atoms with E-state index in [0.717, 1.165) is 45.3 Å². The summed E-state index contributed by atoms with van der Waals surface area (Å²) in [7, 11) is 4.13. The molecule has 1 fully saturated rings. The van der Waals surface area contributed by atoms with Crippen molar-refractivity contribution in [3.05, 3.63) is 35.9 Å². The highest BCUT2D eigenvalue weighted by molar-refractivity contribution is 5.76. The summed E-state index contributed by atoms with van der Waals surface area (Å²) in [5, 5.41) is 0. The Bertz CT molecular complexity index is 476. The molecule has 0 radical (unpaired) electrons. The minimum absolute atomic E-state index is 0.00150. The molecule has 2 rings (SSSR count). The van der Waals surface area contributed by atoms with E-state index in [1.165, 1.54) is 5.56 Å². The highest BCUT2D eigenvalue weighted by atomic mass is 16.5. The molecule has 1 aromatic rings. The van der Waals surface area contributed by atoms with Crippen molar-refractivity contribution in [1.29, 1.82) is 0 Å². The second-order valence-corrected chi connectivity index (χ2v) is 6.81. The summed E-state index contributed by atoms with van der Waals surface area (Å²) < 4.78 is 5.68. The van der Waals surface area contributed by atoms with Crippen LogP contribution in [-0.2, 0) is 16.1 Å². The fourth-order valence-electron chi connectivity index (χ4n) is 3.13. The molecule has 23 heavy (non-hydrogen) atoms. The lowest BCUT2D eigenvalue weighted by molar-refractivity contribution is -0.154. The Morgan fingerprint density at radius 1 is 1.35 bits per heavy atom. The van der Waals surface area contributed by atoms with Gasteiger partial charge in [-0.1, -0.05) is 30.3 Å². The highest BCUT2D eigenvalue weighted by Crippen LogP contribution is 2.22. The van der Waals surface area contributed by atoms with Gasteiger partial charge in [0.05, 0.1) is 6.10 Å². The molecule has 1 saturated heterocycles. The molecule has 0 unspecified atom stereocenters. The van der Waals surface area contributed by atoms with Crippen LogP contribution in [0, 0.1) is 0 Å². The van der Waals surface area contributed by atoms with E-state index in [-0.39, 0.29) is 18.1 Å². The largest absolute Gasteiger partial charge is 0.462 e. The number of rotatable bonds is 8. The molecule has 0 aliphatic carbocycles. The maximum atomic E-state index is 12.5. The predicted octanol–water partition coefficient (Wildman–Crippen LogP) is 2.92. The minimum Gasteiger partial charge on any atom is -0.462 e. The third-order valence-electron chi connectivity index (χ3n) is 4.40. The standard InChI is InChI=1S/C19H30N2O2/c1-16(9-7-13-20(2)3)23-19(22)18-12-8-14-21(18)15-17-10-5-4-6-11-17/h4-6,10-11,16,18H,7-9,12-15H2,1-3H3/t16-,18+/m1/s1. The van der Waals surface area contributed by atoms with Gasteiger partial charge >= 0.3 is 5.97 Å². The Kier molecular flexibility index (Phi) is 7.06. The number of ether oxygens (including phenoxy) is 1. The number of carbonyl (C=O) groups excluding carboxylic acids is 1. The summed E-state index contributed by atoms with van der Waals surface area (Å²) in [4.78, 5) is 16.9. The number of hydrogen-bond acceptors (Lipinski definition) is 4. The quantitative estimate of drug-likeness (QED) is 0.690. The van der Waals surface area contributed by atoms with Gasteiger partial charge < -0.3 is 9.64 Å². The Balaban J connectivity index is 1.80. The summed E-state index contributed by atoms with van der Waals surface area (Å²) in [5.74, 6) is -0.0456. The van der Waals surface area contributed by atoms with Crippen molar-refractivity contribution in [2.75, 3.05) is 27.2 Å². The maximum absolute atomic E-state index is 12.5. The first-order valence-electron chi connectivity index (χ1n) is 8.69. The Labute approximate surface area is 140 Å². The topological polar surface area (TPSA) is 32.8 Å². The first-order valence-corrected chi connectivity index (χ1v) is 8.69. The molecule has 128 valence electrons. The predicted molar refractivity (Wildman–Crippen MR) is 93.2 cm³/mol. The van der Waals surface area contributed by atoms with Crippen molar-refractivity contribution in [3.63, 3.8) is 0 Å². The molecule has 4 heteroatoms. The lowest BCUT2D eigenvalue weighted by Crippen LogP contribution is -2.38. The van der Waals surface area contributed by atoms with E-state index in [1.54, 1.807) is 0 Å². The van der Waals surface area contributed by atoms with E-state index in [4.69, 9.17) is 4.74 Å². The number of hydrogen-bond donors (Lipinski definition) is 0. The molecule has 1 heterocycles. The van der Waals surface area contributed by atoms with Gasteiger partial charge in [-0.25, -0.2) is 0 Å². The molecular weight excluding hydrogens is 288 g/mol. The number of esters is 1. The lowest BCUT2D eigenvalue weighted by Gasteiger charge is -2.25. The van der Waals surface area contributed by atoms with Crippen LogP contribution < -0.4 is 0 Å². The molecular formula is C19H30N2O2. The molecule has 0 N–H and O–H groups in total. The fourth-order valence-corrected chi connectivity index (χ4v) is 3.13. The number of benzene rings is 1. The van der Waals surface area contributed by atoms with Gasteiger partial charge in [0, 0.05) is 6.54 Å². The average Bonchev–Trinajstić information content (AvgIpc) is 2.96. The summed E-state index contributed by atoms with van der Waals surface area (Å²) >= 11 is 0. The molecule has 0 spiro atoms. The van der Waals surface area contributed by atoms with Crippen LogP contribution in [-0.4, -0.2) is 55.1 Å². The zero-order valence-electron chi connectivity index (χ0n) is 14.7. The van der Waals surface area contributed by atoms with Gasteiger partial charge in [0.1, 0.15) is 6.04 Å². The molecule has 0 bridgehead atoms. The molecule has 0 saturated carbocycles. The maximum Gasteiger partial charge on any atom is 0.323 e. The zero-order valence-corrected chi connectivity index (χ0v) is 14.7. The summed E-state index contributed by atoms with van der Waals surface area (Å²) in [6.45, 7) is 4.84. The Morgan fingerprint density at radius 2 is 2.09 bits per heavy atom. The van der Waals surface area contributed by atoms with Crippen LogP contribution in [0.2, 0.25) is 0 Å². The van der Waals surface area contributed by atoms with Gasteiger partial charge in [-0.05, 0) is 65.4 Å². The van der Waals surface area contributed by atoms with E-state index in [0.29, 0.717) is 0 Å². The van der Waals surface area contributed by atoms with Crippen LogP contribution in [0.3, 0.4) is 0 Å². The Morgan fingerprint density at radius 3 is 2.78 bits per heavy atom. The fraction of sp³-hybridized carbons (Fsp3) is 0.632. The molecule has 1 aromatic carbocycles. The van der Waals surface area contributed by atoms with Crippen LogP contribution in [0.4, 0.5) is 0 Å². The van der Waals surface area contributed by atoms with Crippen molar-refractivity contribution in [2.24, 2.45) is 0 Å². The minimum atomic E-state index is -0.0773. The normalized spacial score (nSPS) is 19.9. The van der Waals surface area contributed by atoms with E-state index >= 15 is 0 Å². The van der Waals surface area contributed by atoms with Crippen molar-refractivity contribution in [2.45, 2.75) is 51.3 Å².